The maximum Gasteiger partial charge on any atom is 0.0410 e. The molecule has 4 heteroatoms. The zero-order valence-corrected chi connectivity index (χ0v) is 14.8. The van der Waals surface area contributed by atoms with Crippen LogP contribution in [0.3, 0.4) is 0 Å². The van der Waals surface area contributed by atoms with Crippen molar-refractivity contribution in [2.75, 3.05) is 27.2 Å². The highest BCUT2D eigenvalue weighted by molar-refractivity contribution is 9.10. The van der Waals surface area contributed by atoms with Crippen molar-refractivity contribution in [2.24, 2.45) is 0 Å². The zero-order chi connectivity index (χ0) is 15.5. The lowest BCUT2D eigenvalue weighted by atomic mass is 10.1. The van der Waals surface area contributed by atoms with E-state index < -0.39 is 0 Å². The fourth-order valence-corrected chi connectivity index (χ4v) is 3.37. The number of likely N-dealkylation sites (N-methyl/N-ethyl adjacent to an activating group) is 1. The van der Waals surface area contributed by atoms with Crippen LogP contribution in [0.2, 0.25) is 0 Å². The fourth-order valence-electron chi connectivity index (χ4n) is 3.01. The number of hydrogen-bond donors (Lipinski definition) is 0. The molecule has 2 aromatic rings. The van der Waals surface area contributed by atoms with Crippen LogP contribution >= 0.6 is 15.9 Å². The Morgan fingerprint density at radius 2 is 1.95 bits per heavy atom. The first kappa shape index (κ1) is 15.7. The third-order valence-corrected chi connectivity index (χ3v) is 4.81. The van der Waals surface area contributed by atoms with Gasteiger partial charge in [-0.1, -0.05) is 24.3 Å². The molecule has 22 heavy (non-hydrogen) atoms. The maximum atomic E-state index is 4.23. The van der Waals surface area contributed by atoms with E-state index >= 15 is 0 Å². The Kier molecular flexibility index (Phi) is 4.91. The Bertz CT molecular complexity index is 624. The van der Waals surface area contributed by atoms with Gasteiger partial charge in [0.05, 0.1) is 0 Å². The quantitative estimate of drug-likeness (QED) is 0.830. The van der Waals surface area contributed by atoms with Gasteiger partial charge in [-0.05, 0) is 53.6 Å². The second-order valence-electron chi connectivity index (χ2n) is 6.23. The number of pyridine rings is 1. The molecule has 0 bridgehead atoms. The molecular formula is C18H22BrN3. The van der Waals surface area contributed by atoms with E-state index in [1.165, 1.54) is 30.6 Å². The molecule has 1 atom stereocenters. The summed E-state index contributed by atoms with van der Waals surface area (Å²) >= 11 is 3.48. The SMILES string of the molecule is CN(C)C1CCN(Cc2ccc(-c3cncc(Br)c3)cc2)C1. The standard InChI is InChI=1S/C18H22BrN3/c1-21(2)18-7-8-22(13-18)12-14-3-5-15(6-4-14)16-9-17(19)11-20-10-16/h3-6,9-11,18H,7-8,12-13H2,1-2H3. The summed E-state index contributed by atoms with van der Waals surface area (Å²) in [6, 6.07) is 11.7. The minimum absolute atomic E-state index is 0.701. The lowest BCUT2D eigenvalue weighted by molar-refractivity contribution is 0.264. The summed E-state index contributed by atoms with van der Waals surface area (Å²) in [6.45, 7) is 3.41. The average molecular weight is 360 g/mol. The summed E-state index contributed by atoms with van der Waals surface area (Å²) in [5, 5.41) is 0. The molecule has 2 heterocycles. The first-order valence-corrected chi connectivity index (χ1v) is 8.50. The van der Waals surface area contributed by atoms with Gasteiger partial charge in [-0.25, -0.2) is 0 Å². The molecule has 1 aliphatic rings. The summed E-state index contributed by atoms with van der Waals surface area (Å²) in [7, 11) is 4.35. The van der Waals surface area contributed by atoms with Gasteiger partial charge in [0.25, 0.3) is 0 Å². The van der Waals surface area contributed by atoms with Crippen LogP contribution in [-0.2, 0) is 6.54 Å². The number of rotatable bonds is 4. The Balaban J connectivity index is 1.65. The molecule has 0 aliphatic carbocycles. The molecule has 0 saturated carbocycles. The third kappa shape index (κ3) is 3.75. The van der Waals surface area contributed by atoms with Crippen molar-refractivity contribution in [3.63, 3.8) is 0 Å². The molecule has 3 nitrogen and oxygen atoms in total. The second kappa shape index (κ2) is 6.90. The average Bonchev–Trinajstić information content (AvgIpc) is 2.97. The van der Waals surface area contributed by atoms with Crippen molar-refractivity contribution >= 4 is 15.9 Å². The lowest BCUT2D eigenvalue weighted by Crippen LogP contribution is -2.31. The Labute approximate surface area is 141 Å². The zero-order valence-electron chi connectivity index (χ0n) is 13.2. The molecular weight excluding hydrogens is 338 g/mol. The van der Waals surface area contributed by atoms with Crippen LogP contribution in [0.4, 0.5) is 0 Å². The van der Waals surface area contributed by atoms with Gasteiger partial charge >= 0.3 is 0 Å². The van der Waals surface area contributed by atoms with Gasteiger partial charge in [0, 0.05) is 48.1 Å². The predicted molar refractivity (Wildman–Crippen MR) is 94.7 cm³/mol. The molecule has 0 amide bonds. The number of benzene rings is 1. The minimum atomic E-state index is 0.701. The Hall–Kier alpha value is -1.23. The van der Waals surface area contributed by atoms with Crippen LogP contribution in [0.5, 0.6) is 0 Å². The summed E-state index contributed by atoms with van der Waals surface area (Å²) in [4.78, 5) is 9.11. The maximum absolute atomic E-state index is 4.23. The molecule has 1 fully saturated rings. The van der Waals surface area contributed by atoms with E-state index in [9.17, 15) is 0 Å². The van der Waals surface area contributed by atoms with Crippen molar-refractivity contribution in [1.82, 2.24) is 14.8 Å². The van der Waals surface area contributed by atoms with Crippen LogP contribution in [-0.4, -0.2) is 48.0 Å². The monoisotopic (exact) mass is 359 g/mol. The number of aromatic nitrogens is 1. The smallest absolute Gasteiger partial charge is 0.0410 e. The van der Waals surface area contributed by atoms with E-state index in [1.807, 2.05) is 12.4 Å². The van der Waals surface area contributed by atoms with Gasteiger partial charge in [-0.15, -0.1) is 0 Å². The number of nitrogens with zero attached hydrogens (tertiary/aromatic N) is 3. The van der Waals surface area contributed by atoms with Crippen molar-refractivity contribution in [1.29, 1.82) is 0 Å². The van der Waals surface area contributed by atoms with Gasteiger partial charge < -0.3 is 4.90 Å². The van der Waals surface area contributed by atoms with E-state index in [0.717, 1.165) is 16.6 Å². The van der Waals surface area contributed by atoms with Gasteiger partial charge in [0.2, 0.25) is 0 Å². The normalized spacial score (nSPS) is 19.0. The summed E-state index contributed by atoms with van der Waals surface area (Å²) < 4.78 is 1.01. The van der Waals surface area contributed by atoms with Crippen LogP contribution in [0.25, 0.3) is 11.1 Å². The van der Waals surface area contributed by atoms with Gasteiger partial charge in [-0.2, -0.15) is 0 Å². The number of likely N-dealkylation sites (tertiary alicyclic amines) is 1. The fraction of sp³-hybridized carbons (Fsp3) is 0.389. The van der Waals surface area contributed by atoms with Crippen molar-refractivity contribution in [2.45, 2.75) is 19.0 Å². The molecule has 0 spiro atoms. The topological polar surface area (TPSA) is 19.4 Å². The van der Waals surface area contributed by atoms with Gasteiger partial charge in [0.1, 0.15) is 0 Å². The summed E-state index contributed by atoms with van der Waals surface area (Å²) in [5.74, 6) is 0. The van der Waals surface area contributed by atoms with Crippen molar-refractivity contribution in [3.05, 3.63) is 52.8 Å². The highest BCUT2D eigenvalue weighted by Crippen LogP contribution is 2.23. The van der Waals surface area contributed by atoms with Gasteiger partial charge in [-0.3, -0.25) is 9.88 Å². The molecule has 116 valence electrons. The van der Waals surface area contributed by atoms with Crippen LogP contribution in [0.1, 0.15) is 12.0 Å². The van der Waals surface area contributed by atoms with Gasteiger partial charge in [0.15, 0.2) is 0 Å². The van der Waals surface area contributed by atoms with E-state index in [1.54, 1.807) is 0 Å². The summed E-state index contributed by atoms with van der Waals surface area (Å²) in [5.41, 5.74) is 3.74. The number of halogens is 1. The van der Waals surface area contributed by atoms with Crippen molar-refractivity contribution < 1.29 is 0 Å². The molecule has 3 rings (SSSR count). The number of hydrogen-bond acceptors (Lipinski definition) is 3. The molecule has 1 unspecified atom stereocenters. The third-order valence-electron chi connectivity index (χ3n) is 4.38. The molecule has 0 N–H and O–H groups in total. The van der Waals surface area contributed by atoms with Crippen LogP contribution < -0.4 is 0 Å². The largest absolute Gasteiger partial charge is 0.305 e. The summed E-state index contributed by atoms with van der Waals surface area (Å²) in [6.07, 6.45) is 4.99. The Morgan fingerprint density at radius 1 is 1.18 bits per heavy atom. The highest BCUT2D eigenvalue weighted by Gasteiger charge is 2.23. The highest BCUT2D eigenvalue weighted by atomic mass is 79.9. The lowest BCUT2D eigenvalue weighted by Gasteiger charge is -2.20. The van der Waals surface area contributed by atoms with Crippen molar-refractivity contribution in [3.8, 4) is 11.1 Å². The van der Waals surface area contributed by atoms with Crippen LogP contribution in [0.15, 0.2) is 47.2 Å². The first-order valence-electron chi connectivity index (χ1n) is 7.70. The first-order chi connectivity index (χ1) is 10.6. The molecule has 1 aromatic heterocycles. The van der Waals surface area contributed by atoms with Crippen LogP contribution in [0, 0.1) is 0 Å². The van der Waals surface area contributed by atoms with E-state index in [4.69, 9.17) is 0 Å². The second-order valence-corrected chi connectivity index (χ2v) is 7.15. The molecule has 1 aromatic carbocycles. The van der Waals surface area contributed by atoms with E-state index in [-0.39, 0.29) is 0 Å². The predicted octanol–water partition coefficient (Wildman–Crippen LogP) is 3.65. The molecule has 1 aliphatic heterocycles. The van der Waals surface area contributed by atoms with E-state index in [2.05, 4.69) is 75.1 Å². The minimum Gasteiger partial charge on any atom is -0.305 e. The Morgan fingerprint density at radius 3 is 2.59 bits per heavy atom. The molecule has 1 saturated heterocycles. The van der Waals surface area contributed by atoms with E-state index in [0.29, 0.717) is 6.04 Å². The molecule has 0 radical (unpaired) electrons.